The second-order valence-corrected chi connectivity index (χ2v) is 6.70. The van der Waals surface area contributed by atoms with Crippen LogP contribution >= 0.6 is 15.9 Å². The van der Waals surface area contributed by atoms with E-state index in [1.807, 2.05) is 19.1 Å². The van der Waals surface area contributed by atoms with Crippen molar-refractivity contribution in [2.24, 2.45) is 0 Å². The molecular weight excluding hydrogens is 356 g/mol. The molecule has 2 heterocycles. The Morgan fingerprint density at radius 3 is 2.87 bits per heavy atom. The number of nitrogens with one attached hydrogen (secondary N) is 2. The van der Waals surface area contributed by atoms with Crippen LogP contribution < -0.4 is 10.6 Å². The van der Waals surface area contributed by atoms with Crippen LogP contribution in [0.4, 0.5) is 17.5 Å². The van der Waals surface area contributed by atoms with Crippen LogP contribution in [0.5, 0.6) is 0 Å². The molecule has 6 heteroatoms. The third kappa shape index (κ3) is 4.42. The monoisotopic (exact) mass is 376 g/mol. The molecular formula is C17H21BrN4O. The molecule has 1 saturated heterocycles. The minimum atomic E-state index is 0.266. The summed E-state index contributed by atoms with van der Waals surface area (Å²) in [6.07, 6.45) is 2.50. The number of anilines is 3. The maximum absolute atomic E-state index is 5.62. The number of nitrogens with zero attached hydrogens (tertiary/aromatic N) is 2. The first-order chi connectivity index (χ1) is 11.1. The van der Waals surface area contributed by atoms with Gasteiger partial charge in [0.1, 0.15) is 5.82 Å². The van der Waals surface area contributed by atoms with E-state index in [1.54, 1.807) is 0 Å². The summed E-state index contributed by atoms with van der Waals surface area (Å²) in [5.41, 5.74) is 3.11. The van der Waals surface area contributed by atoms with E-state index in [2.05, 4.69) is 55.6 Å². The number of halogens is 1. The fourth-order valence-electron chi connectivity index (χ4n) is 2.58. The van der Waals surface area contributed by atoms with Gasteiger partial charge in [-0.1, -0.05) is 6.07 Å². The molecule has 0 radical (unpaired) electrons. The maximum atomic E-state index is 5.62. The summed E-state index contributed by atoms with van der Waals surface area (Å²) in [5.74, 6) is 1.41. The molecule has 0 saturated carbocycles. The normalized spacial score (nSPS) is 17.3. The van der Waals surface area contributed by atoms with Crippen molar-refractivity contribution in [3.63, 3.8) is 0 Å². The van der Waals surface area contributed by atoms with Gasteiger partial charge in [0.25, 0.3) is 0 Å². The highest BCUT2D eigenvalue weighted by molar-refractivity contribution is 9.10. The highest BCUT2D eigenvalue weighted by atomic mass is 79.9. The van der Waals surface area contributed by atoms with Crippen molar-refractivity contribution in [2.45, 2.75) is 32.8 Å². The summed E-state index contributed by atoms with van der Waals surface area (Å²) in [5, 5.41) is 6.62. The molecule has 3 rings (SSSR count). The summed E-state index contributed by atoms with van der Waals surface area (Å²) in [6, 6.07) is 8.12. The highest BCUT2D eigenvalue weighted by Gasteiger charge is 2.15. The van der Waals surface area contributed by atoms with E-state index >= 15 is 0 Å². The molecule has 1 aliphatic heterocycles. The Labute approximate surface area is 145 Å². The number of hydrogen-bond acceptors (Lipinski definition) is 5. The van der Waals surface area contributed by atoms with Gasteiger partial charge >= 0.3 is 0 Å². The second kappa shape index (κ2) is 7.27. The molecule has 5 nitrogen and oxygen atoms in total. The molecule has 122 valence electrons. The number of benzene rings is 1. The lowest BCUT2D eigenvalue weighted by molar-refractivity contribution is 0.120. The van der Waals surface area contributed by atoms with Crippen LogP contribution in [0.25, 0.3) is 0 Å². The number of aryl methyl sites for hydroxylation is 2. The Morgan fingerprint density at radius 1 is 1.26 bits per heavy atom. The third-order valence-corrected chi connectivity index (χ3v) is 4.41. The predicted molar refractivity (Wildman–Crippen MR) is 96.4 cm³/mol. The molecule has 1 atom stereocenters. The van der Waals surface area contributed by atoms with Crippen molar-refractivity contribution in [3.05, 3.63) is 40.0 Å². The first-order valence-corrected chi connectivity index (χ1v) is 8.64. The molecule has 23 heavy (non-hydrogen) atoms. The number of aromatic nitrogens is 2. The Morgan fingerprint density at radius 2 is 2.13 bits per heavy atom. The van der Waals surface area contributed by atoms with Gasteiger partial charge in [-0.05, 0) is 60.3 Å². The lowest BCUT2D eigenvalue weighted by Crippen LogP contribution is -2.20. The summed E-state index contributed by atoms with van der Waals surface area (Å²) in [7, 11) is 0. The van der Waals surface area contributed by atoms with Gasteiger partial charge in [-0.25, -0.2) is 4.98 Å². The van der Waals surface area contributed by atoms with Gasteiger partial charge in [0.05, 0.1) is 11.8 Å². The average Bonchev–Trinajstić information content (AvgIpc) is 3.01. The number of ether oxygens (including phenoxy) is 1. The average molecular weight is 377 g/mol. The predicted octanol–water partition coefficient (Wildman–Crippen LogP) is 4.19. The van der Waals surface area contributed by atoms with E-state index < -0.39 is 0 Å². The van der Waals surface area contributed by atoms with E-state index in [-0.39, 0.29) is 6.10 Å². The number of rotatable bonds is 5. The fourth-order valence-corrected chi connectivity index (χ4v) is 3.17. The first kappa shape index (κ1) is 16.2. The molecule has 1 fully saturated rings. The van der Waals surface area contributed by atoms with Crippen LogP contribution in [-0.4, -0.2) is 29.2 Å². The molecule has 0 amide bonds. The standard InChI is InChI=1S/C17H21BrN4O/c1-11-5-6-15(14(18)8-11)21-16-9-12(2)20-17(22-16)19-10-13-4-3-7-23-13/h5-6,8-9,13H,3-4,7,10H2,1-2H3,(H2,19,20,21,22). The summed E-state index contributed by atoms with van der Waals surface area (Å²) >= 11 is 3.58. The van der Waals surface area contributed by atoms with Gasteiger partial charge in [-0.15, -0.1) is 0 Å². The zero-order valence-corrected chi connectivity index (χ0v) is 15.0. The van der Waals surface area contributed by atoms with E-state index in [0.717, 1.165) is 47.7 Å². The summed E-state index contributed by atoms with van der Waals surface area (Å²) < 4.78 is 6.63. The van der Waals surface area contributed by atoms with E-state index in [1.165, 1.54) is 5.56 Å². The van der Waals surface area contributed by atoms with Gasteiger partial charge in [-0.2, -0.15) is 4.98 Å². The zero-order valence-electron chi connectivity index (χ0n) is 13.4. The van der Waals surface area contributed by atoms with Crippen molar-refractivity contribution in [1.29, 1.82) is 0 Å². The molecule has 1 unspecified atom stereocenters. The van der Waals surface area contributed by atoms with Gasteiger partial charge in [0, 0.05) is 29.4 Å². The molecule has 0 spiro atoms. The van der Waals surface area contributed by atoms with Crippen molar-refractivity contribution in [3.8, 4) is 0 Å². The van der Waals surface area contributed by atoms with Gasteiger partial charge in [0.15, 0.2) is 0 Å². The first-order valence-electron chi connectivity index (χ1n) is 7.84. The molecule has 0 bridgehead atoms. The molecule has 2 N–H and O–H groups in total. The number of hydrogen-bond donors (Lipinski definition) is 2. The Balaban J connectivity index is 1.71. The lowest BCUT2D eigenvalue weighted by Gasteiger charge is -2.13. The van der Waals surface area contributed by atoms with Crippen LogP contribution in [-0.2, 0) is 4.74 Å². The largest absolute Gasteiger partial charge is 0.376 e. The van der Waals surface area contributed by atoms with Crippen molar-refractivity contribution >= 4 is 33.4 Å². The van der Waals surface area contributed by atoms with Gasteiger partial charge in [-0.3, -0.25) is 0 Å². The minimum absolute atomic E-state index is 0.266. The highest BCUT2D eigenvalue weighted by Crippen LogP contribution is 2.26. The SMILES string of the molecule is Cc1ccc(Nc2cc(C)nc(NCC3CCCO3)n2)c(Br)c1. The molecule has 1 aromatic carbocycles. The van der Waals surface area contributed by atoms with Gasteiger partial charge < -0.3 is 15.4 Å². The summed E-state index contributed by atoms with van der Waals surface area (Å²) in [4.78, 5) is 8.99. The van der Waals surface area contributed by atoms with Gasteiger partial charge in [0.2, 0.25) is 5.95 Å². The van der Waals surface area contributed by atoms with E-state index in [0.29, 0.717) is 5.95 Å². The van der Waals surface area contributed by atoms with Crippen LogP contribution in [0.2, 0.25) is 0 Å². The smallest absolute Gasteiger partial charge is 0.224 e. The van der Waals surface area contributed by atoms with Crippen molar-refractivity contribution < 1.29 is 4.74 Å². The Hall–Kier alpha value is -1.66. The van der Waals surface area contributed by atoms with E-state index in [4.69, 9.17) is 4.74 Å². The summed E-state index contributed by atoms with van der Waals surface area (Å²) in [6.45, 7) is 5.64. The molecule has 1 aromatic heterocycles. The zero-order chi connectivity index (χ0) is 16.2. The molecule has 2 aromatic rings. The lowest BCUT2D eigenvalue weighted by atomic mass is 10.2. The molecule has 0 aliphatic carbocycles. The maximum Gasteiger partial charge on any atom is 0.224 e. The molecule has 1 aliphatic rings. The van der Waals surface area contributed by atoms with E-state index in [9.17, 15) is 0 Å². The van der Waals surface area contributed by atoms with Crippen molar-refractivity contribution in [1.82, 2.24) is 9.97 Å². The van der Waals surface area contributed by atoms with Crippen LogP contribution in [0.3, 0.4) is 0 Å². The fraction of sp³-hybridized carbons (Fsp3) is 0.412. The van der Waals surface area contributed by atoms with Crippen LogP contribution in [0.1, 0.15) is 24.1 Å². The Bertz CT molecular complexity index is 686. The Kier molecular flexibility index (Phi) is 5.13. The van der Waals surface area contributed by atoms with Crippen LogP contribution in [0, 0.1) is 13.8 Å². The topological polar surface area (TPSA) is 59.1 Å². The van der Waals surface area contributed by atoms with Crippen LogP contribution in [0.15, 0.2) is 28.7 Å². The second-order valence-electron chi connectivity index (χ2n) is 5.84. The van der Waals surface area contributed by atoms with Crippen molar-refractivity contribution in [2.75, 3.05) is 23.8 Å². The quantitative estimate of drug-likeness (QED) is 0.818. The minimum Gasteiger partial charge on any atom is -0.376 e. The third-order valence-electron chi connectivity index (χ3n) is 3.75.